The molecule has 2 aromatic rings. The van der Waals surface area contributed by atoms with E-state index in [1.807, 2.05) is 0 Å². The summed E-state index contributed by atoms with van der Waals surface area (Å²) in [5, 5.41) is 0.816. The van der Waals surface area contributed by atoms with E-state index < -0.39 is 0 Å². The Morgan fingerprint density at radius 2 is 1.96 bits per heavy atom. The van der Waals surface area contributed by atoms with Gasteiger partial charge < -0.3 is 9.47 Å². The van der Waals surface area contributed by atoms with Gasteiger partial charge in [0.05, 0.1) is 22.1 Å². The smallest absolute Gasteiger partial charge is 0.210 e. The van der Waals surface area contributed by atoms with Gasteiger partial charge in [0.15, 0.2) is 0 Å². The highest BCUT2D eigenvalue weighted by Gasteiger charge is 2.30. The highest BCUT2D eigenvalue weighted by molar-refractivity contribution is 6.33. The summed E-state index contributed by atoms with van der Waals surface area (Å²) >= 11 is 6.63. The van der Waals surface area contributed by atoms with E-state index in [1.54, 1.807) is 0 Å². The molecule has 3 nitrogen and oxygen atoms in total. The first-order chi connectivity index (χ1) is 12.5. The predicted molar refractivity (Wildman–Crippen MR) is 113 cm³/mol. The van der Waals surface area contributed by atoms with Gasteiger partial charge in [-0.05, 0) is 55.9 Å². The number of aromatic nitrogens is 2. The Balaban J connectivity index is 2.12. The molecular weight excluding hydrogens is 342 g/mol. The molecule has 0 bridgehead atoms. The summed E-state index contributed by atoms with van der Waals surface area (Å²) in [6.07, 6.45) is 6.65. The lowest BCUT2D eigenvalue weighted by Gasteiger charge is -2.20. The van der Waals surface area contributed by atoms with Crippen molar-refractivity contribution in [2.45, 2.75) is 66.8 Å². The van der Waals surface area contributed by atoms with Crippen LogP contribution in [0.15, 0.2) is 18.2 Å². The molecule has 0 fully saturated rings. The van der Waals surface area contributed by atoms with Gasteiger partial charge in [0.25, 0.3) is 0 Å². The largest absolute Gasteiger partial charge is 0.308 e. The number of aryl methyl sites for hydroxylation is 3. The maximum absolute atomic E-state index is 6.63. The summed E-state index contributed by atoms with van der Waals surface area (Å²) in [6.45, 7) is 12.8. The van der Waals surface area contributed by atoms with Crippen LogP contribution < -0.4 is 4.90 Å². The van der Waals surface area contributed by atoms with Crippen LogP contribution in [0.25, 0.3) is 5.57 Å². The molecule has 3 rings (SSSR count). The number of anilines is 2. The van der Waals surface area contributed by atoms with E-state index in [-0.39, 0.29) is 0 Å². The van der Waals surface area contributed by atoms with Gasteiger partial charge in [0, 0.05) is 13.1 Å². The minimum absolute atomic E-state index is 0.816. The zero-order chi connectivity index (χ0) is 18.8. The highest BCUT2D eigenvalue weighted by atomic mass is 35.5. The predicted octanol–water partition coefficient (Wildman–Crippen LogP) is 6.46. The summed E-state index contributed by atoms with van der Waals surface area (Å²) in [7, 11) is 0. The van der Waals surface area contributed by atoms with Gasteiger partial charge in [0.2, 0.25) is 5.95 Å². The number of nitrogens with zero attached hydrogens (tertiary/aromatic N) is 3. The Kier molecular flexibility index (Phi) is 5.76. The standard InChI is InChI=1S/C22H30ClN3/c1-6-9-17(10-7-2)21-19(8-3)24-22-25(11-12-26(21)22)20-16(5)13-15(4)14-18(20)23/h9,13-14H,6-8,10-12H2,1-5H3. The summed E-state index contributed by atoms with van der Waals surface area (Å²) < 4.78 is 2.41. The molecule has 4 heteroatoms. The van der Waals surface area contributed by atoms with Gasteiger partial charge in [-0.1, -0.05) is 50.9 Å². The molecule has 1 aliphatic rings. The molecule has 2 heterocycles. The van der Waals surface area contributed by atoms with Crippen LogP contribution in [-0.2, 0) is 13.0 Å². The molecule has 140 valence electrons. The zero-order valence-electron chi connectivity index (χ0n) is 16.7. The van der Waals surface area contributed by atoms with Crippen molar-refractivity contribution in [1.29, 1.82) is 0 Å². The van der Waals surface area contributed by atoms with Gasteiger partial charge in [-0.15, -0.1) is 0 Å². The molecule has 0 saturated heterocycles. The third-order valence-corrected chi connectivity index (χ3v) is 5.37. The Morgan fingerprint density at radius 3 is 2.58 bits per heavy atom. The maximum Gasteiger partial charge on any atom is 0.210 e. The molecule has 0 unspecified atom stereocenters. The van der Waals surface area contributed by atoms with Crippen LogP contribution in [0.5, 0.6) is 0 Å². The van der Waals surface area contributed by atoms with E-state index in [4.69, 9.17) is 16.6 Å². The number of rotatable bonds is 6. The molecule has 1 aliphatic heterocycles. The van der Waals surface area contributed by atoms with Crippen LogP contribution in [0.3, 0.4) is 0 Å². The molecule has 0 atom stereocenters. The van der Waals surface area contributed by atoms with Crippen molar-refractivity contribution in [3.05, 3.63) is 45.7 Å². The number of hydrogen-bond acceptors (Lipinski definition) is 2. The highest BCUT2D eigenvalue weighted by Crippen LogP contribution is 2.40. The molecule has 0 N–H and O–H groups in total. The maximum atomic E-state index is 6.63. The van der Waals surface area contributed by atoms with E-state index in [9.17, 15) is 0 Å². The Hall–Kier alpha value is -1.74. The number of hydrogen-bond donors (Lipinski definition) is 0. The van der Waals surface area contributed by atoms with Gasteiger partial charge in [-0.25, -0.2) is 4.98 Å². The van der Waals surface area contributed by atoms with E-state index in [2.05, 4.69) is 62.3 Å². The first-order valence-corrected chi connectivity index (χ1v) is 10.2. The van der Waals surface area contributed by atoms with Crippen LogP contribution >= 0.6 is 11.6 Å². The molecule has 0 amide bonds. The van der Waals surface area contributed by atoms with Crippen molar-refractivity contribution in [2.75, 3.05) is 11.4 Å². The minimum atomic E-state index is 0.816. The fraction of sp³-hybridized carbons (Fsp3) is 0.500. The van der Waals surface area contributed by atoms with Crippen LogP contribution in [-0.4, -0.2) is 16.1 Å². The summed E-state index contributed by atoms with van der Waals surface area (Å²) in [5.74, 6) is 1.05. The third kappa shape index (κ3) is 3.29. The van der Waals surface area contributed by atoms with E-state index in [1.165, 1.54) is 28.1 Å². The molecule has 0 radical (unpaired) electrons. The summed E-state index contributed by atoms with van der Waals surface area (Å²) in [6, 6.07) is 4.25. The third-order valence-electron chi connectivity index (χ3n) is 5.09. The first kappa shape index (κ1) is 19.0. The van der Waals surface area contributed by atoms with Crippen molar-refractivity contribution >= 4 is 28.8 Å². The van der Waals surface area contributed by atoms with E-state index in [0.717, 1.165) is 55.4 Å². The summed E-state index contributed by atoms with van der Waals surface area (Å²) in [4.78, 5) is 7.35. The average Bonchev–Trinajstić information content (AvgIpc) is 3.13. The van der Waals surface area contributed by atoms with Crippen molar-refractivity contribution in [3.8, 4) is 0 Å². The van der Waals surface area contributed by atoms with Crippen molar-refractivity contribution in [2.24, 2.45) is 0 Å². The second kappa shape index (κ2) is 7.87. The molecular formula is C22H30ClN3. The number of allylic oxidation sites excluding steroid dienone is 2. The minimum Gasteiger partial charge on any atom is -0.308 e. The van der Waals surface area contributed by atoms with Crippen LogP contribution in [0.1, 0.15) is 62.5 Å². The van der Waals surface area contributed by atoms with Crippen LogP contribution in [0.4, 0.5) is 11.6 Å². The number of imidazole rings is 1. The lowest BCUT2D eigenvalue weighted by atomic mass is 10.0. The van der Waals surface area contributed by atoms with Gasteiger partial charge >= 0.3 is 0 Å². The van der Waals surface area contributed by atoms with E-state index in [0.29, 0.717) is 0 Å². The molecule has 0 saturated carbocycles. The van der Waals surface area contributed by atoms with E-state index >= 15 is 0 Å². The second-order valence-electron chi connectivity index (χ2n) is 7.16. The normalized spacial score (nSPS) is 14.2. The Labute approximate surface area is 162 Å². The zero-order valence-corrected chi connectivity index (χ0v) is 17.5. The van der Waals surface area contributed by atoms with Crippen molar-refractivity contribution in [1.82, 2.24) is 9.55 Å². The molecule has 1 aromatic carbocycles. The molecule has 26 heavy (non-hydrogen) atoms. The van der Waals surface area contributed by atoms with Gasteiger partial charge in [0.1, 0.15) is 0 Å². The molecule has 0 spiro atoms. The van der Waals surface area contributed by atoms with Crippen LogP contribution in [0, 0.1) is 13.8 Å². The molecule has 1 aromatic heterocycles. The second-order valence-corrected chi connectivity index (χ2v) is 7.57. The van der Waals surface area contributed by atoms with Gasteiger partial charge in [-0.2, -0.15) is 0 Å². The molecule has 0 aliphatic carbocycles. The van der Waals surface area contributed by atoms with Crippen molar-refractivity contribution in [3.63, 3.8) is 0 Å². The quantitative estimate of drug-likeness (QED) is 0.580. The van der Waals surface area contributed by atoms with Gasteiger partial charge in [-0.3, -0.25) is 0 Å². The lowest BCUT2D eigenvalue weighted by molar-refractivity contribution is 0.776. The fourth-order valence-corrected chi connectivity index (χ4v) is 4.53. The number of halogens is 1. The fourth-order valence-electron chi connectivity index (χ4n) is 4.11. The van der Waals surface area contributed by atoms with Crippen LogP contribution in [0.2, 0.25) is 5.02 Å². The average molecular weight is 372 g/mol. The first-order valence-electron chi connectivity index (χ1n) is 9.84. The SMILES string of the molecule is CCC=C(CCC)c1c(CC)nc2n1CCN2c1c(C)cc(C)cc1Cl. The Bertz CT molecular complexity index is 809. The number of benzene rings is 1. The monoisotopic (exact) mass is 371 g/mol. The number of fused-ring (bicyclic) bond motifs is 1. The topological polar surface area (TPSA) is 21.1 Å². The van der Waals surface area contributed by atoms with Crippen molar-refractivity contribution < 1.29 is 0 Å². The lowest BCUT2D eigenvalue weighted by Crippen LogP contribution is -2.16. The summed E-state index contributed by atoms with van der Waals surface area (Å²) in [5.41, 5.74) is 7.51. The Morgan fingerprint density at radius 1 is 1.19 bits per heavy atom.